The highest BCUT2D eigenvalue weighted by atomic mass is 35.5. The molecule has 2 aromatic rings. The van der Waals surface area contributed by atoms with Gasteiger partial charge >= 0.3 is 0 Å². The van der Waals surface area contributed by atoms with Crippen LogP contribution in [0.3, 0.4) is 0 Å². The molecule has 0 radical (unpaired) electrons. The molecule has 7 nitrogen and oxygen atoms in total. The van der Waals surface area contributed by atoms with Crippen LogP contribution in [0.25, 0.3) is 0 Å². The van der Waals surface area contributed by atoms with Crippen LogP contribution in [0, 0.1) is 0 Å². The van der Waals surface area contributed by atoms with Gasteiger partial charge in [0, 0.05) is 19.1 Å². The van der Waals surface area contributed by atoms with Crippen LogP contribution in [-0.4, -0.2) is 24.1 Å². The first-order chi connectivity index (χ1) is 9.47. The Morgan fingerprint density at radius 3 is 2.30 bits per heavy atom. The number of hydrogen-bond acceptors (Lipinski definition) is 7. The van der Waals surface area contributed by atoms with Crippen LogP contribution >= 0.6 is 11.6 Å². The zero-order chi connectivity index (χ0) is 14.7. The van der Waals surface area contributed by atoms with E-state index in [0.717, 1.165) is 0 Å². The third-order valence-corrected chi connectivity index (χ3v) is 2.68. The van der Waals surface area contributed by atoms with E-state index in [1.165, 1.54) is 0 Å². The third-order valence-electron chi connectivity index (χ3n) is 2.43. The van der Waals surface area contributed by atoms with Gasteiger partial charge in [-0.05, 0) is 24.3 Å². The maximum atomic E-state index is 5.82. The van der Waals surface area contributed by atoms with Gasteiger partial charge in [0.2, 0.25) is 5.95 Å². The van der Waals surface area contributed by atoms with Crippen molar-refractivity contribution in [3.63, 3.8) is 0 Å². The molecular weight excluding hydrogens is 278 g/mol. The van der Waals surface area contributed by atoms with Crippen molar-refractivity contribution in [2.45, 2.75) is 0 Å². The predicted octanol–water partition coefficient (Wildman–Crippen LogP) is 2.78. The van der Waals surface area contributed by atoms with Gasteiger partial charge in [0.05, 0.1) is 5.69 Å². The van der Waals surface area contributed by atoms with Crippen molar-refractivity contribution in [2.75, 3.05) is 30.5 Å². The van der Waals surface area contributed by atoms with E-state index >= 15 is 0 Å². The SMILES string of the molecule is CN(C)c1nc(N)nc(N)c1N=Nc1ccc(Cl)cc1. The highest BCUT2D eigenvalue weighted by molar-refractivity contribution is 6.30. The van der Waals surface area contributed by atoms with Crippen molar-refractivity contribution in [1.29, 1.82) is 0 Å². The maximum Gasteiger partial charge on any atom is 0.224 e. The summed E-state index contributed by atoms with van der Waals surface area (Å²) in [4.78, 5) is 9.72. The molecule has 0 atom stereocenters. The van der Waals surface area contributed by atoms with Crippen molar-refractivity contribution in [1.82, 2.24) is 9.97 Å². The van der Waals surface area contributed by atoms with E-state index in [0.29, 0.717) is 22.2 Å². The van der Waals surface area contributed by atoms with E-state index in [-0.39, 0.29) is 11.8 Å². The fourth-order valence-corrected chi connectivity index (χ4v) is 1.63. The van der Waals surface area contributed by atoms with Gasteiger partial charge in [-0.15, -0.1) is 5.11 Å². The number of halogens is 1. The number of benzene rings is 1. The summed E-state index contributed by atoms with van der Waals surface area (Å²) in [5.41, 5.74) is 12.4. The lowest BCUT2D eigenvalue weighted by Gasteiger charge is -2.14. The summed E-state index contributed by atoms with van der Waals surface area (Å²) in [7, 11) is 3.62. The summed E-state index contributed by atoms with van der Waals surface area (Å²) in [6.07, 6.45) is 0. The molecule has 0 saturated carbocycles. The Bertz CT molecular complexity index is 637. The van der Waals surface area contributed by atoms with E-state index in [2.05, 4.69) is 20.2 Å². The Kier molecular flexibility index (Phi) is 3.99. The number of rotatable bonds is 3. The van der Waals surface area contributed by atoms with Crippen molar-refractivity contribution in [2.24, 2.45) is 10.2 Å². The molecule has 0 unspecified atom stereocenters. The van der Waals surface area contributed by atoms with Gasteiger partial charge in [0.1, 0.15) is 0 Å². The van der Waals surface area contributed by atoms with Gasteiger partial charge in [-0.3, -0.25) is 0 Å². The molecule has 0 amide bonds. The highest BCUT2D eigenvalue weighted by Gasteiger charge is 2.12. The van der Waals surface area contributed by atoms with Gasteiger partial charge in [-0.25, -0.2) is 0 Å². The second-order valence-corrected chi connectivity index (χ2v) is 4.65. The molecule has 0 spiro atoms. The van der Waals surface area contributed by atoms with E-state index in [4.69, 9.17) is 23.1 Å². The summed E-state index contributed by atoms with van der Waals surface area (Å²) in [5.74, 6) is 0.781. The molecule has 20 heavy (non-hydrogen) atoms. The molecule has 104 valence electrons. The fourth-order valence-electron chi connectivity index (χ4n) is 1.50. The Morgan fingerprint density at radius 2 is 1.70 bits per heavy atom. The molecule has 1 heterocycles. The minimum atomic E-state index is 0.0941. The van der Waals surface area contributed by atoms with Gasteiger partial charge in [0.15, 0.2) is 17.3 Å². The molecular formula is C12H14ClN7. The van der Waals surface area contributed by atoms with Crippen LogP contribution in [-0.2, 0) is 0 Å². The van der Waals surface area contributed by atoms with E-state index in [1.54, 1.807) is 29.2 Å². The minimum Gasteiger partial charge on any atom is -0.382 e. The molecule has 0 saturated heterocycles. The normalized spacial score (nSPS) is 10.9. The second kappa shape index (κ2) is 5.70. The Balaban J connectivity index is 2.40. The number of nitrogens with two attached hydrogens (primary N) is 2. The first-order valence-electron chi connectivity index (χ1n) is 5.75. The van der Waals surface area contributed by atoms with Crippen molar-refractivity contribution < 1.29 is 0 Å². The summed E-state index contributed by atoms with van der Waals surface area (Å²) in [5, 5.41) is 8.83. The largest absolute Gasteiger partial charge is 0.382 e. The van der Waals surface area contributed by atoms with Crippen molar-refractivity contribution >= 4 is 40.6 Å². The Hall–Kier alpha value is -2.41. The number of azo groups is 1. The van der Waals surface area contributed by atoms with Crippen LogP contribution in [0.1, 0.15) is 0 Å². The number of anilines is 3. The fraction of sp³-hybridized carbons (Fsp3) is 0.167. The van der Waals surface area contributed by atoms with E-state index in [1.807, 2.05) is 14.1 Å². The molecule has 8 heteroatoms. The Morgan fingerprint density at radius 1 is 1.05 bits per heavy atom. The zero-order valence-corrected chi connectivity index (χ0v) is 11.8. The minimum absolute atomic E-state index is 0.0941. The first kappa shape index (κ1) is 14.0. The average Bonchev–Trinajstić information content (AvgIpc) is 2.38. The number of hydrogen-bond donors (Lipinski definition) is 2. The molecule has 1 aromatic carbocycles. The molecule has 0 fully saturated rings. The number of aromatic nitrogens is 2. The van der Waals surface area contributed by atoms with Gasteiger partial charge in [0.25, 0.3) is 0 Å². The molecule has 1 aromatic heterocycles. The van der Waals surface area contributed by atoms with Crippen LogP contribution < -0.4 is 16.4 Å². The average molecular weight is 292 g/mol. The zero-order valence-electron chi connectivity index (χ0n) is 11.1. The van der Waals surface area contributed by atoms with E-state index in [9.17, 15) is 0 Å². The molecule has 4 N–H and O–H groups in total. The smallest absolute Gasteiger partial charge is 0.224 e. The van der Waals surface area contributed by atoms with Gasteiger partial charge in [-0.1, -0.05) is 11.6 Å². The third kappa shape index (κ3) is 3.12. The van der Waals surface area contributed by atoms with Crippen LogP contribution in [0.15, 0.2) is 34.5 Å². The van der Waals surface area contributed by atoms with Gasteiger partial charge < -0.3 is 16.4 Å². The molecule has 0 aliphatic rings. The second-order valence-electron chi connectivity index (χ2n) is 4.21. The maximum absolute atomic E-state index is 5.82. The quantitative estimate of drug-likeness (QED) is 0.846. The van der Waals surface area contributed by atoms with Crippen LogP contribution in [0.2, 0.25) is 5.02 Å². The lowest BCUT2D eigenvalue weighted by atomic mass is 10.3. The summed E-state index contributed by atoms with van der Waals surface area (Å²) >= 11 is 5.81. The van der Waals surface area contributed by atoms with Crippen molar-refractivity contribution in [3.05, 3.63) is 29.3 Å². The topological polar surface area (TPSA) is 106 Å². The number of nitrogen functional groups attached to an aromatic ring is 2. The van der Waals surface area contributed by atoms with Crippen LogP contribution in [0.5, 0.6) is 0 Å². The molecule has 0 bridgehead atoms. The molecule has 0 aliphatic heterocycles. The molecule has 0 aliphatic carbocycles. The van der Waals surface area contributed by atoms with Crippen LogP contribution in [0.4, 0.5) is 29.0 Å². The lowest BCUT2D eigenvalue weighted by Crippen LogP contribution is -2.13. The van der Waals surface area contributed by atoms with Gasteiger partial charge in [-0.2, -0.15) is 15.1 Å². The monoisotopic (exact) mass is 291 g/mol. The summed E-state index contributed by atoms with van der Waals surface area (Å²) in [6.45, 7) is 0. The summed E-state index contributed by atoms with van der Waals surface area (Å²) < 4.78 is 0. The van der Waals surface area contributed by atoms with E-state index < -0.39 is 0 Å². The summed E-state index contributed by atoms with van der Waals surface area (Å²) in [6, 6.07) is 6.95. The first-order valence-corrected chi connectivity index (χ1v) is 6.13. The standard InChI is InChI=1S/C12H14ClN7/c1-20(2)11-9(10(14)16-12(15)17-11)19-18-8-5-3-7(13)4-6-8/h3-6H,1-2H3,(H4,14,15,16,17). The number of nitrogens with zero attached hydrogens (tertiary/aromatic N) is 5. The van der Waals surface area contributed by atoms with Crippen molar-refractivity contribution in [3.8, 4) is 0 Å². The Labute approximate surface area is 121 Å². The lowest BCUT2D eigenvalue weighted by molar-refractivity contribution is 1.03. The predicted molar refractivity (Wildman–Crippen MR) is 80.8 cm³/mol. The molecule has 2 rings (SSSR count). The highest BCUT2D eigenvalue weighted by Crippen LogP contribution is 2.32.